The van der Waals surface area contributed by atoms with Crippen LogP contribution in [-0.2, 0) is 5.41 Å². The average molecular weight is 730 g/mol. The standard InChI is InChI=1S/C52H35N5/c1-52(2)47-26-33(31-53)16-22-45(47)46-23-21-38(30-48(46)52)40-27-41(43-15-9-14-39-32-54-25-24-44(39)43)29-42(28-40)51-56-49(36-12-7-4-8-13-36)55-50(57-51)37-19-17-35(18-20-37)34-10-5-3-6-11-34/h3-30,32H,1-2H3. The number of hydrogen-bond acceptors (Lipinski definition) is 5. The van der Waals surface area contributed by atoms with E-state index in [-0.39, 0.29) is 5.41 Å². The molecule has 5 heteroatoms. The van der Waals surface area contributed by atoms with Gasteiger partial charge in [-0.2, -0.15) is 5.26 Å². The van der Waals surface area contributed by atoms with E-state index in [1.165, 1.54) is 22.3 Å². The first-order valence-corrected chi connectivity index (χ1v) is 19.1. The van der Waals surface area contributed by atoms with Gasteiger partial charge in [0.05, 0.1) is 11.6 Å². The maximum atomic E-state index is 9.70. The Morgan fingerprint density at radius 3 is 1.72 bits per heavy atom. The van der Waals surface area contributed by atoms with Crippen molar-refractivity contribution in [1.29, 1.82) is 5.26 Å². The maximum absolute atomic E-state index is 9.70. The molecule has 0 aliphatic heterocycles. The molecule has 57 heavy (non-hydrogen) atoms. The van der Waals surface area contributed by atoms with Crippen LogP contribution in [0.2, 0.25) is 0 Å². The number of nitriles is 1. The lowest BCUT2D eigenvalue weighted by molar-refractivity contribution is 0.660. The Morgan fingerprint density at radius 2 is 1.00 bits per heavy atom. The fourth-order valence-corrected chi connectivity index (χ4v) is 8.23. The van der Waals surface area contributed by atoms with Crippen LogP contribution in [0.4, 0.5) is 0 Å². The van der Waals surface area contributed by atoms with Crippen LogP contribution < -0.4 is 0 Å². The van der Waals surface area contributed by atoms with E-state index in [0.717, 1.165) is 60.8 Å². The van der Waals surface area contributed by atoms with Crippen LogP contribution in [0.25, 0.3) is 89.4 Å². The third kappa shape index (κ3) is 6.05. The van der Waals surface area contributed by atoms with Crippen LogP contribution in [0, 0.1) is 11.3 Å². The van der Waals surface area contributed by atoms with Crippen LogP contribution in [0.3, 0.4) is 0 Å². The summed E-state index contributed by atoms with van der Waals surface area (Å²) in [6, 6.07) is 59.1. The zero-order chi connectivity index (χ0) is 38.5. The van der Waals surface area contributed by atoms with Gasteiger partial charge in [0, 0.05) is 39.9 Å². The first kappa shape index (κ1) is 34.0. The molecule has 268 valence electrons. The molecule has 0 bridgehead atoms. The van der Waals surface area contributed by atoms with Gasteiger partial charge in [0.15, 0.2) is 17.5 Å². The minimum Gasteiger partial charge on any atom is -0.264 e. The van der Waals surface area contributed by atoms with Gasteiger partial charge in [0.1, 0.15) is 0 Å². The molecule has 0 atom stereocenters. The van der Waals surface area contributed by atoms with Crippen molar-refractivity contribution in [2.75, 3.05) is 0 Å². The van der Waals surface area contributed by atoms with Crippen molar-refractivity contribution in [3.63, 3.8) is 0 Å². The molecule has 1 aliphatic carbocycles. The van der Waals surface area contributed by atoms with E-state index >= 15 is 0 Å². The molecule has 5 nitrogen and oxygen atoms in total. The van der Waals surface area contributed by atoms with Crippen LogP contribution in [0.1, 0.15) is 30.5 Å². The zero-order valence-electron chi connectivity index (χ0n) is 31.5. The Labute approximate surface area is 331 Å². The summed E-state index contributed by atoms with van der Waals surface area (Å²) < 4.78 is 0. The Hall–Kier alpha value is -7.55. The first-order valence-electron chi connectivity index (χ1n) is 19.1. The summed E-state index contributed by atoms with van der Waals surface area (Å²) in [4.78, 5) is 19.8. The number of pyridine rings is 1. The van der Waals surface area contributed by atoms with Crippen molar-refractivity contribution in [1.82, 2.24) is 19.9 Å². The Kier molecular flexibility index (Phi) is 8.13. The highest BCUT2D eigenvalue weighted by atomic mass is 15.0. The molecule has 0 unspecified atom stereocenters. The van der Waals surface area contributed by atoms with Gasteiger partial charge in [-0.25, -0.2) is 15.0 Å². The van der Waals surface area contributed by atoms with Crippen LogP contribution in [0.5, 0.6) is 0 Å². The van der Waals surface area contributed by atoms with E-state index in [4.69, 9.17) is 15.0 Å². The molecule has 0 spiro atoms. The average Bonchev–Trinajstić information content (AvgIpc) is 3.51. The van der Waals surface area contributed by atoms with Crippen molar-refractivity contribution < 1.29 is 0 Å². The lowest BCUT2D eigenvalue weighted by Gasteiger charge is -2.22. The summed E-state index contributed by atoms with van der Waals surface area (Å²) in [6.07, 6.45) is 3.76. The molecule has 0 fully saturated rings. The second-order valence-electron chi connectivity index (χ2n) is 15.1. The lowest BCUT2D eigenvalue weighted by Crippen LogP contribution is -2.15. The largest absolute Gasteiger partial charge is 0.264 e. The maximum Gasteiger partial charge on any atom is 0.164 e. The van der Waals surface area contributed by atoms with Crippen molar-refractivity contribution in [3.8, 4) is 84.7 Å². The molecule has 2 aromatic heterocycles. The number of fused-ring (bicyclic) bond motifs is 4. The van der Waals surface area contributed by atoms with Crippen molar-refractivity contribution in [2.45, 2.75) is 19.3 Å². The van der Waals surface area contributed by atoms with Gasteiger partial charge in [0.2, 0.25) is 0 Å². The van der Waals surface area contributed by atoms with Crippen molar-refractivity contribution in [3.05, 3.63) is 193 Å². The number of rotatable bonds is 6. The van der Waals surface area contributed by atoms with Gasteiger partial charge in [-0.3, -0.25) is 4.98 Å². The summed E-state index contributed by atoms with van der Waals surface area (Å²) in [5.74, 6) is 1.81. The quantitative estimate of drug-likeness (QED) is 0.170. The van der Waals surface area contributed by atoms with Crippen molar-refractivity contribution in [2.24, 2.45) is 0 Å². The first-order chi connectivity index (χ1) is 27.9. The lowest BCUT2D eigenvalue weighted by atomic mass is 9.81. The van der Waals surface area contributed by atoms with Gasteiger partial charge in [0.25, 0.3) is 0 Å². The molecular weight excluding hydrogens is 695 g/mol. The zero-order valence-corrected chi connectivity index (χ0v) is 31.5. The number of hydrogen-bond donors (Lipinski definition) is 0. The number of nitrogens with zero attached hydrogens (tertiary/aromatic N) is 5. The summed E-state index contributed by atoms with van der Waals surface area (Å²) >= 11 is 0. The Bertz CT molecular complexity index is 3030. The molecular formula is C52H35N5. The second-order valence-corrected chi connectivity index (χ2v) is 15.1. The molecule has 7 aromatic carbocycles. The van der Waals surface area contributed by atoms with Gasteiger partial charge in [-0.05, 0) is 103 Å². The highest BCUT2D eigenvalue weighted by molar-refractivity contribution is 5.98. The predicted molar refractivity (Wildman–Crippen MR) is 230 cm³/mol. The third-order valence-electron chi connectivity index (χ3n) is 11.2. The summed E-state index contributed by atoms with van der Waals surface area (Å²) in [7, 11) is 0. The molecule has 0 amide bonds. The highest BCUT2D eigenvalue weighted by Crippen LogP contribution is 2.50. The SMILES string of the molecule is CC1(C)c2cc(C#N)ccc2-c2ccc(-c3cc(-c4nc(-c5ccccc5)nc(-c5ccc(-c6ccccc6)cc5)n4)cc(-c4cccc5cnccc45)c3)cc21. The normalized spacial score (nSPS) is 12.5. The summed E-state index contributed by atoms with van der Waals surface area (Å²) in [5, 5.41) is 11.9. The molecule has 9 aromatic rings. The smallest absolute Gasteiger partial charge is 0.164 e. The molecule has 0 saturated carbocycles. The van der Waals surface area contributed by atoms with E-state index in [1.807, 2.05) is 60.9 Å². The summed E-state index contributed by atoms with van der Waals surface area (Å²) in [5.41, 5.74) is 14.5. The molecule has 0 radical (unpaired) electrons. The van der Waals surface area contributed by atoms with Gasteiger partial charge >= 0.3 is 0 Å². The minimum atomic E-state index is -0.277. The number of aromatic nitrogens is 4. The van der Waals surface area contributed by atoms with E-state index in [0.29, 0.717) is 23.0 Å². The van der Waals surface area contributed by atoms with Crippen LogP contribution >= 0.6 is 0 Å². The van der Waals surface area contributed by atoms with Gasteiger partial charge < -0.3 is 0 Å². The highest BCUT2D eigenvalue weighted by Gasteiger charge is 2.36. The van der Waals surface area contributed by atoms with E-state index in [2.05, 4.69) is 140 Å². The van der Waals surface area contributed by atoms with Crippen LogP contribution in [-0.4, -0.2) is 19.9 Å². The molecule has 1 aliphatic rings. The Morgan fingerprint density at radius 1 is 0.439 bits per heavy atom. The fourth-order valence-electron chi connectivity index (χ4n) is 8.23. The monoisotopic (exact) mass is 729 g/mol. The van der Waals surface area contributed by atoms with Crippen molar-refractivity contribution >= 4 is 10.8 Å². The molecule has 10 rings (SSSR count). The minimum absolute atomic E-state index is 0.277. The van der Waals surface area contributed by atoms with E-state index in [9.17, 15) is 5.26 Å². The molecule has 2 heterocycles. The van der Waals surface area contributed by atoms with E-state index < -0.39 is 0 Å². The van der Waals surface area contributed by atoms with Gasteiger partial charge in [-0.1, -0.05) is 135 Å². The summed E-state index contributed by atoms with van der Waals surface area (Å²) in [6.45, 7) is 4.50. The second kappa shape index (κ2) is 13.6. The third-order valence-corrected chi connectivity index (χ3v) is 11.2. The van der Waals surface area contributed by atoms with E-state index in [1.54, 1.807) is 0 Å². The predicted octanol–water partition coefficient (Wildman–Crippen LogP) is 12.6. The topological polar surface area (TPSA) is 75.3 Å². The number of benzene rings is 7. The molecule has 0 N–H and O–H groups in total. The Balaban J connectivity index is 1.17. The fraction of sp³-hybridized carbons (Fsp3) is 0.0577. The van der Waals surface area contributed by atoms with Crippen LogP contribution in [0.15, 0.2) is 176 Å². The molecule has 0 saturated heterocycles. The van der Waals surface area contributed by atoms with Gasteiger partial charge in [-0.15, -0.1) is 0 Å².